The van der Waals surface area contributed by atoms with E-state index in [4.69, 9.17) is 4.74 Å². The molecule has 0 spiro atoms. The molecule has 1 N–H and O–H groups in total. The summed E-state index contributed by atoms with van der Waals surface area (Å²) in [5.74, 6) is 1.03. The number of ether oxygens (including phenoxy) is 1. The molecule has 1 aromatic heterocycles. The molecule has 8 heteroatoms. The van der Waals surface area contributed by atoms with Crippen molar-refractivity contribution in [2.24, 2.45) is 0 Å². The first-order valence-electron chi connectivity index (χ1n) is 7.77. The summed E-state index contributed by atoms with van der Waals surface area (Å²) in [4.78, 5) is 22.6. The summed E-state index contributed by atoms with van der Waals surface area (Å²) in [5, 5.41) is 3.25. The third kappa shape index (κ3) is 5.56. The molecule has 0 radical (unpaired) electrons. The van der Waals surface area contributed by atoms with E-state index in [-0.39, 0.29) is 30.7 Å². The predicted octanol–water partition coefficient (Wildman–Crippen LogP) is 2.94. The van der Waals surface area contributed by atoms with Crippen LogP contribution in [0.15, 0.2) is 42.9 Å². The number of nitrogens with one attached hydrogen (secondary N) is 1. The average Bonchev–Trinajstić information content (AvgIpc) is 2.62. The maximum absolute atomic E-state index is 12.7. The second kappa shape index (κ2) is 10.2. The van der Waals surface area contributed by atoms with Gasteiger partial charge >= 0.3 is 0 Å². The molecule has 1 aliphatic rings. The third-order valence-corrected chi connectivity index (χ3v) is 3.96. The molecule has 2 heterocycles. The van der Waals surface area contributed by atoms with Gasteiger partial charge in [-0.05, 0) is 38.1 Å². The summed E-state index contributed by atoms with van der Waals surface area (Å²) in [6.45, 7) is 1.54. The van der Waals surface area contributed by atoms with Crippen LogP contribution < -0.4 is 10.1 Å². The Hall–Kier alpha value is -1.89. The van der Waals surface area contributed by atoms with Gasteiger partial charge < -0.3 is 15.0 Å². The van der Waals surface area contributed by atoms with Crippen molar-refractivity contribution in [3.63, 3.8) is 0 Å². The van der Waals surface area contributed by atoms with Crippen LogP contribution in [0.4, 0.5) is 0 Å². The number of likely N-dealkylation sites (N-methyl/N-ethyl adjacent to an activating group) is 1. The van der Waals surface area contributed by atoms with Gasteiger partial charge in [0.15, 0.2) is 0 Å². The van der Waals surface area contributed by atoms with Gasteiger partial charge in [-0.15, -0.1) is 24.8 Å². The number of amides is 1. The lowest BCUT2D eigenvalue weighted by molar-refractivity contribution is 0.0698. The number of halogens is 2. The molecular formula is C17H22Cl2N4O2. The molecule has 1 saturated heterocycles. The van der Waals surface area contributed by atoms with E-state index in [0.29, 0.717) is 23.2 Å². The van der Waals surface area contributed by atoms with E-state index in [0.717, 1.165) is 25.9 Å². The van der Waals surface area contributed by atoms with Crippen molar-refractivity contribution in [3.8, 4) is 11.6 Å². The van der Waals surface area contributed by atoms with Gasteiger partial charge in [0.1, 0.15) is 5.75 Å². The Balaban J connectivity index is 0.00000156. The number of carbonyl (C=O) groups is 1. The van der Waals surface area contributed by atoms with E-state index >= 15 is 0 Å². The summed E-state index contributed by atoms with van der Waals surface area (Å²) < 4.78 is 5.64. The molecule has 25 heavy (non-hydrogen) atoms. The normalized spacial score (nSPS) is 16.4. The van der Waals surface area contributed by atoms with Gasteiger partial charge in [-0.25, -0.2) is 4.98 Å². The van der Waals surface area contributed by atoms with Crippen LogP contribution in [-0.4, -0.2) is 47.0 Å². The molecule has 2 aromatic rings. The first-order valence-corrected chi connectivity index (χ1v) is 7.77. The predicted molar refractivity (Wildman–Crippen MR) is 101 cm³/mol. The van der Waals surface area contributed by atoms with Crippen molar-refractivity contribution in [3.05, 3.63) is 48.4 Å². The fourth-order valence-corrected chi connectivity index (χ4v) is 2.73. The minimum atomic E-state index is 0. The molecule has 1 unspecified atom stereocenters. The lowest BCUT2D eigenvalue weighted by Crippen LogP contribution is -2.46. The smallest absolute Gasteiger partial charge is 0.254 e. The molecule has 0 aliphatic carbocycles. The van der Waals surface area contributed by atoms with Crippen LogP contribution >= 0.6 is 24.8 Å². The Morgan fingerprint density at radius 3 is 2.88 bits per heavy atom. The van der Waals surface area contributed by atoms with Gasteiger partial charge in [0.2, 0.25) is 5.88 Å². The fourth-order valence-electron chi connectivity index (χ4n) is 2.73. The molecule has 0 saturated carbocycles. The van der Waals surface area contributed by atoms with E-state index in [1.165, 1.54) is 6.20 Å². The number of carbonyl (C=O) groups excluding carboxylic acids is 1. The lowest BCUT2D eigenvalue weighted by atomic mass is 10.0. The number of likely N-dealkylation sites (tertiary alicyclic amines) is 1. The summed E-state index contributed by atoms with van der Waals surface area (Å²) in [6, 6.07) is 7.55. The van der Waals surface area contributed by atoms with Crippen molar-refractivity contribution in [2.45, 2.75) is 18.9 Å². The number of hydrogen-bond acceptors (Lipinski definition) is 5. The second-order valence-corrected chi connectivity index (χ2v) is 5.55. The molecule has 136 valence electrons. The topological polar surface area (TPSA) is 67.4 Å². The first-order chi connectivity index (χ1) is 11.3. The zero-order chi connectivity index (χ0) is 16.1. The van der Waals surface area contributed by atoms with Crippen LogP contribution in [0.2, 0.25) is 0 Å². The molecule has 1 atom stereocenters. The highest BCUT2D eigenvalue weighted by Gasteiger charge is 2.23. The molecule has 1 fully saturated rings. The Kier molecular flexibility index (Phi) is 8.61. The second-order valence-electron chi connectivity index (χ2n) is 5.55. The molecule has 0 bridgehead atoms. The Morgan fingerprint density at radius 1 is 1.32 bits per heavy atom. The van der Waals surface area contributed by atoms with E-state index in [1.54, 1.807) is 24.5 Å². The minimum Gasteiger partial charge on any atom is -0.437 e. The van der Waals surface area contributed by atoms with E-state index in [9.17, 15) is 4.79 Å². The molecule has 1 aliphatic heterocycles. The van der Waals surface area contributed by atoms with E-state index < -0.39 is 0 Å². The average molecular weight is 385 g/mol. The summed E-state index contributed by atoms with van der Waals surface area (Å²) in [6.07, 6.45) is 6.82. The zero-order valence-corrected chi connectivity index (χ0v) is 15.6. The van der Waals surface area contributed by atoms with Gasteiger partial charge in [-0.3, -0.25) is 9.78 Å². The van der Waals surface area contributed by atoms with Crippen LogP contribution in [0.1, 0.15) is 23.2 Å². The van der Waals surface area contributed by atoms with Crippen molar-refractivity contribution in [1.29, 1.82) is 0 Å². The van der Waals surface area contributed by atoms with Crippen molar-refractivity contribution in [2.75, 3.05) is 20.1 Å². The molecule has 6 nitrogen and oxygen atoms in total. The number of rotatable bonds is 4. The fraction of sp³-hybridized carbons (Fsp3) is 0.353. The number of hydrogen-bond donors (Lipinski definition) is 1. The number of aromatic nitrogens is 2. The molecule has 1 aromatic carbocycles. The summed E-state index contributed by atoms with van der Waals surface area (Å²) >= 11 is 0. The van der Waals surface area contributed by atoms with Crippen LogP contribution in [0.25, 0.3) is 0 Å². The van der Waals surface area contributed by atoms with E-state index in [1.807, 2.05) is 24.1 Å². The number of piperidine rings is 1. The van der Waals surface area contributed by atoms with Crippen molar-refractivity contribution < 1.29 is 9.53 Å². The standard InChI is InChI=1S/C17H20N4O2.2ClH/c1-18-14-5-3-9-21(12-14)17(22)13-4-2-6-15(10-13)23-16-11-19-7-8-20-16;;/h2,4,6-8,10-11,14,18H,3,5,9,12H2,1H3;2*1H. The lowest BCUT2D eigenvalue weighted by Gasteiger charge is -2.32. The van der Waals surface area contributed by atoms with Gasteiger partial charge in [0.05, 0.1) is 6.20 Å². The summed E-state index contributed by atoms with van der Waals surface area (Å²) in [7, 11) is 1.94. The van der Waals surface area contributed by atoms with Gasteiger partial charge in [0.25, 0.3) is 5.91 Å². The third-order valence-electron chi connectivity index (χ3n) is 3.96. The summed E-state index contributed by atoms with van der Waals surface area (Å²) in [5.41, 5.74) is 0.628. The Bertz CT molecular complexity index is 673. The maximum atomic E-state index is 12.7. The SMILES string of the molecule is CNC1CCCN(C(=O)c2cccc(Oc3cnccn3)c2)C1.Cl.Cl. The quantitative estimate of drug-likeness (QED) is 0.877. The van der Waals surface area contributed by atoms with Crippen LogP contribution in [-0.2, 0) is 0 Å². The van der Waals surface area contributed by atoms with Crippen LogP contribution in [0.3, 0.4) is 0 Å². The monoisotopic (exact) mass is 384 g/mol. The highest BCUT2D eigenvalue weighted by molar-refractivity contribution is 5.94. The molecule has 1 amide bonds. The van der Waals surface area contributed by atoms with Gasteiger partial charge in [-0.2, -0.15) is 0 Å². The minimum absolute atomic E-state index is 0. The molecular weight excluding hydrogens is 363 g/mol. The van der Waals surface area contributed by atoms with Gasteiger partial charge in [-0.1, -0.05) is 6.07 Å². The highest BCUT2D eigenvalue weighted by atomic mass is 35.5. The van der Waals surface area contributed by atoms with Gasteiger partial charge in [0, 0.05) is 37.1 Å². The molecule has 3 rings (SSSR count). The Labute approximate surface area is 159 Å². The largest absolute Gasteiger partial charge is 0.437 e. The number of benzene rings is 1. The van der Waals surface area contributed by atoms with Crippen molar-refractivity contribution >= 4 is 30.7 Å². The maximum Gasteiger partial charge on any atom is 0.254 e. The zero-order valence-electron chi connectivity index (χ0n) is 13.9. The van der Waals surface area contributed by atoms with Crippen LogP contribution in [0.5, 0.6) is 11.6 Å². The first kappa shape index (κ1) is 21.2. The number of nitrogens with zero attached hydrogens (tertiary/aromatic N) is 3. The Morgan fingerprint density at radius 2 is 2.16 bits per heavy atom. The van der Waals surface area contributed by atoms with E-state index in [2.05, 4.69) is 15.3 Å². The highest BCUT2D eigenvalue weighted by Crippen LogP contribution is 2.21. The van der Waals surface area contributed by atoms with Crippen LogP contribution in [0, 0.1) is 0 Å². The van der Waals surface area contributed by atoms with Crippen molar-refractivity contribution in [1.82, 2.24) is 20.2 Å².